The highest BCUT2D eigenvalue weighted by Crippen LogP contribution is 2.19. The number of benzene rings is 2. The minimum atomic E-state index is -0.861. The number of urea groups is 1. The molecular formula is C25H25F2N5O2. The van der Waals surface area contributed by atoms with Gasteiger partial charge in [-0.3, -0.25) is 4.79 Å². The van der Waals surface area contributed by atoms with Gasteiger partial charge in [0, 0.05) is 37.8 Å². The van der Waals surface area contributed by atoms with Gasteiger partial charge in [-0.05, 0) is 49.2 Å². The SMILES string of the molecule is Cc1ccccc1C(=O)N1CCCN(c2ccc(NC(=O)Nc3ccc(F)cc3F)cn2)CC1. The molecule has 1 aromatic heterocycles. The maximum Gasteiger partial charge on any atom is 0.323 e. The maximum absolute atomic E-state index is 13.7. The molecule has 0 saturated carbocycles. The van der Waals surface area contributed by atoms with Crippen LogP contribution in [0.5, 0.6) is 0 Å². The highest BCUT2D eigenvalue weighted by Gasteiger charge is 2.22. The third-order valence-electron chi connectivity index (χ3n) is 5.67. The van der Waals surface area contributed by atoms with E-state index in [1.54, 1.807) is 12.1 Å². The molecule has 9 heteroatoms. The number of aryl methyl sites for hydroxylation is 1. The first-order valence-corrected chi connectivity index (χ1v) is 11.0. The van der Waals surface area contributed by atoms with Crippen LogP contribution in [0.3, 0.4) is 0 Å². The predicted molar refractivity (Wildman–Crippen MR) is 127 cm³/mol. The normalized spacial score (nSPS) is 13.9. The fourth-order valence-electron chi connectivity index (χ4n) is 3.86. The molecule has 2 N–H and O–H groups in total. The summed E-state index contributed by atoms with van der Waals surface area (Å²) in [5, 5.41) is 4.91. The second-order valence-corrected chi connectivity index (χ2v) is 8.06. The molecule has 2 aromatic carbocycles. The molecular weight excluding hydrogens is 440 g/mol. The molecule has 3 amide bonds. The van der Waals surface area contributed by atoms with Crippen LogP contribution in [0, 0.1) is 18.6 Å². The van der Waals surface area contributed by atoms with Gasteiger partial charge in [0.25, 0.3) is 5.91 Å². The van der Waals surface area contributed by atoms with Crippen LogP contribution in [-0.4, -0.2) is 48.0 Å². The van der Waals surface area contributed by atoms with E-state index in [0.717, 1.165) is 42.0 Å². The van der Waals surface area contributed by atoms with Crippen molar-refractivity contribution < 1.29 is 18.4 Å². The van der Waals surface area contributed by atoms with Crippen LogP contribution >= 0.6 is 0 Å². The zero-order valence-corrected chi connectivity index (χ0v) is 18.7. The Bertz CT molecular complexity index is 1190. The lowest BCUT2D eigenvalue weighted by molar-refractivity contribution is 0.0766. The monoisotopic (exact) mass is 465 g/mol. The Labute approximate surface area is 196 Å². The van der Waals surface area contributed by atoms with Gasteiger partial charge in [0.2, 0.25) is 0 Å². The van der Waals surface area contributed by atoms with Gasteiger partial charge in [0.15, 0.2) is 0 Å². The van der Waals surface area contributed by atoms with Crippen molar-refractivity contribution in [2.75, 3.05) is 41.7 Å². The summed E-state index contributed by atoms with van der Waals surface area (Å²) in [6.45, 7) is 4.58. The number of halogens is 2. The van der Waals surface area contributed by atoms with Gasteiger partial charge in [-0.1, -0.05) is 18.2 Å². The first-order chi connectivity index (χ1) is 16.4. The molecule has 0 atom stereocenters. The van der Waals surface area contributed by atoms with Crippen molar-refractivity contribution in [2.45, 2.75) is 13.3 Å². The Morgan fingerprint density at radius 3 is 2.50 bits per heavy atom. The Hall–Kier alpha value is -4.01. The lowest BCUT2D eigenvalue weighted by atomic mass is 10.1. The molecule has 0 spiro atoms. The molecule has 1 saturated heterocycles. The maximum atomic E-state index is 13.7. The highest BCUT2D eigenvalue weighted by molar-refractivity contribution is 5.99. The van der Waals surface area contributed by atoms with Crippen molar-refractivity contribution in [2.24, 2.45) is 0 Å². The summed E-state index contributed by atoms with van der Waals surface area (Å²) in [5.41, 5.74) is 1.99. The van der Waals surface area contributed by atoms with E-state index in [1.165, 1.54) is 6.20 Å². The zero-order chi connectivity index (χ0) is 24.1. The number of nitrogens with zero attached hydrogens (tertiary/aromatic N) is 3. The molecule has 3 aromatic rings. The molecule has 1 aliphatic heterocycles. The number of aromatic nitrogens is 1. The second-order valence-electron chi connectivity index (χ2n) is 8.06. The molecule has 2 heterocycles. The summed E-state index contributed by atoms with van der Waals surface area (Å²) in [7, 11) is 0. The van der Waals surface area contributed by atoms with Crippen LogP contribution in [0.4, 0.5) is 30.8 Å². The molecule has 0 bridgehead atoms. The standard InChI is InChI=1S/C25H25F2N5O2/c1-17-5-2-3-6-20(17)24(33)32-12-4-11-31(13-14-32)23-10-8-19(16-28-23)29-25(34)30-22-9-7-18(26)15-21(22)27/h2-3,5-10,15-16H,4,11-14H2,1H3,(H2,29,30,34). The van der Waals surface area contributed by atoms with Crippen LogP contribution in [0.25, 0.3) is 0 Å². The lowest BCUT2D eigenvalue weighted by Crippen LogP contribution is -2.35. The van der Waals surface area contributed by atoms with Crippen molar-refractivity contribution in [3.63, 3.8) is 0 Å². The smallest absolute Gasteiger partial charge is 0.323 e. The fraction of sp³-hybridized carbons (Fsp3) is 0.240. The summed E-state index contributed by atoms with van der Waals surface area (Å²) >= 11 is 0. The van der Waals surface area contributed by atoms with Crippen molar-refractivity contribution in [1.82, 2.24) is 9.88 Å². The summed E-state index contributed by atoms with van der Waals surface area (Å²) in [6.07, 6.45) is 2.32. The van der Waals surface area contributed by atoms with Crippen molar-refractivity contribution in [3.8, 4) is 0 Å². The summed E-state index contributed by atoms with van der Waals surface area (Å²) in [5.74, 6) is -0.809. The topological polar surface area (TPSA) is 77.6 Å². The first kappa shape index (κ1) is 23.2. The number of carbonyl (C=O) groups excluding carboxylic acids is 2. The van der Waals surface area contributed by atoms with Gasteiger partial charge >= 0.3 is 6.03 Å². The Balaban J connectivity index is 1.34. The molecule has 0 aliphatic carbocycles. The summed E-state index contributed by atoms with van der Waals surface area (Å²) in [4.78, 5) is 33.5. The third kappa shape index (κ3) is 5.48. The second kappa shape index (κ2) is 10.3. The number of rotatable bonds is 4. The van der Waals surface area contributed by atoms with Crippen LogP contribution in [0.2, 0.25) is 0 Å². The Morgan fingerprint density at radius 2 is 1.76 bits per heavy atom. The molecule has 34 heavy (non-hydrogen) atoms. The van der Waals surface area contributed by atoms with Crippen LogP contribution in [0.1, 0.15) is 22.3 Å². The van der Waals surface area contributed by atoms with Gasteiger partial charge in [-0.15, -0.1) is 0 Å². The number of hydrogen-bond donors (Lipinski definition) is 2. The lowest BCUT2D eigenvalue weighted by Gasteiger charge is -2.23. The molecule has 0 radical (unpaired) electrons. The van der Waals surface area contributed by atoms with E-state index in [-0.39, 0.29) is 11.6 Å². The molecule has 4 rings (SSSR count). The quantitative estimate of drug-likeness (QED) is 0.587. The summed E-state index contributed by atoms with van der Waals surface area (Å²) < 4.78 is 26.7. The van der Waals surface area contributed by atoms with Crippen LogP contribution in [-0.2, 0) is 0 Å². The number of carbonyl (C=O) groups is 2. The highest BCUT2D eigenvalue weighted by atomic mass is 19.1. The molecule has 0 unspecified atom stereocenters. The van der Waals surface area contributed by atoms with Gasteiger partial charge in [0.05, 0.1) is 17.6 Å². The van der Waals surface area contributed by atoms with E-state index in [0.29, 0.717) is 31.4 Å². The van der Waals surface area contributed by atoms with Gasteiger partial charge in [-0.25, -0.2) is 18.6 Å². The number of anilines is 3. The average molecular weight is 466 g/mol. The minimum Gasteiger partial charge on any atom is -0.355 e. The predicted octanol–water partition coefficient (Wildman–Crippen LogP) is 4.66. The van der Waals surface area contributed by atoms with E-state index in [9.17, 15) is 18.4 Å². The van der Waals surface area contributed by atoms with E-state index >= 15 is 0 Å². The molecule has 1 fully saturated rings. The van der Waals surface area contributed by atoms with Gasteiger partial charge in [-0.2, -0.15) is 0 Å². The first-order valence-electron chi connectivity index (χ1n) is 11.0. The zero-order valence-electron chi connectivity index (χ0n) is 18.7. The van der Waals surface area contributed by atoms with Crippen molar-refractivity contribution in [3.05, 3.63) is 83.6 Å². The van der Waals surface area contributed by atoms with Crippen LogP contribution in [0.15, 0.2) is 60.8 Å². The van der Waals surface area contributed by atoms with Gasteiger partial charge in [0.1, 0.15) is 17.5 Å². The van der Waals surface area contributed by atoms with E-state index < -0.39 is 17.7 Å². The van der Waals surface area contributed by atoms with Crippen molar-refractivity contribution >= 4 is 29.1 Å². The molecule has 1 aliphatic rings. The Morgan fingerprint density at radius 1 is 0.941 bits per heavy atom. The van der Waals surface area contributed by atoms with Crippen LogP contribution < -0.4 is 15.5 Å². The fourth-order valence-corrected chi connectivity index (χ4v) is 3.86. The number of nitrogens with one attached hydrogen (secondary N) is 2. The van der Waals surface area contributed by atoms with E-state index in [2.05, 4.69) is 20.5 Å². The number of pyridine rings is 1. The Kier molecular flexibility index (Phi) is 7.01. The van der Waals surface area contributed by atoms with Gasteiger partial charge < -0.3 is 20.4 Å². The minimum absolute atomic E-state index is 0.0380. The molecule has 7 nitrogen and oxygen atoms in total. The number of hydrogen-bond acceptors (Lipinski definition) is 4. The third-order valence-corrected chi connectivity index (χ3v) is 5.67. The number of amides is 3. The van der Waals surface area contributed by atoms with E-state index in [1.807, 2.05) is 36.1 Å². The van der Waals surface area contributed by atoms with E-state index in [4.69, 9.17) is 0 Å². The molecule has 176 valence electrons. The average Bonchev–Trinajstić information content (AvgIpc) is 3.08. The summed E-state index contributed by atoms with van der Waals surface area (Å²) in [6, 6.07) is 13.3. The van der Waals surface area contributed by atoms with Crippen molar-refractivity contribution in [1.29, 1.82) is 0 Å². The largest absolute Gasteiger partial charge is 0.355 e.